The van der Waals surface area contributed by atoms with Gasteiger partial charge in [-0.2, -0.15) is 0 Å². The van der Waals surface area contributed by atoms with Crippen molar-refractivity contribution in [3.8, 4) is 0 Å². The maximum atomic E-state index is 12.6. The zero-order valence-electron chi connectivity index (χ0n) is 13.2. The van der Waals surface area contributed by atoms with Crippen LogP contribution in [0.4, 0.5) is 0 Å². The van der Waals surface area contributed by atoms with Gasteiger partial charge in [-0.15, -0.1) is 0 Å². The number of nitrogens with one attached hydrogen (secondary N) is 1. The van der Waals surface area contributed by atoms with E-state index in [0.29, 0.717) is 6.54 Å². The van der Waals surface area contributed by atoms with Crippen molar-refractivity contribution in [1.82, 2.24) is 10.2 Å². The number of piperidine rings is 1. The largest absolute Gasteiger partial charge is 0.350 e. The molecule has 0 unspecified atom stereocenters. The minimum absolute atomic E-state index is 0.0447. The highest BCUT2D eigenvalue weighted by molar-refractivity contribution is 5.81. The maximum absolute atomic E-state index is 12.6. The van der Waals surface area contributed by atoms with E-state index in [4.69, 9.17) is 0 Å². The van der Waals surface area contributed by atoms with Gasteiger partial charge >= 0.3 is 0 Å². The van der Waals surface area contributed by atoms with Gasteiger partial charge in [0.25, 0.3) is 0 Å². The van der Waals surface area contributed by atoms with E-state index < -0.39 is 0 Å². The Hall–Kier alpha value is -1.84. The first-order valence-electron chi connectivity index (χ1n) is 8.19. The van der Waals surface area contributed by atoms with Crippen LogP contribution in [0.3, 0.4) is 0 Å². The Morgan fingerprint density at radius 1 is 1.27 bits per heavy atom. The van der Waals surface area contributed by atoms with Crippen LogP contribution in [0.2, 0.25) is 0 Å². The first-order chi connectivity index (χ1) is 10.6. The minimum Gasteiger partial charge on any atom is -0.350 e. The third-order valence-electron chi connectivity index (χ3n) is 4.86. The lowest BCUT2D eigenvalue weighted by Crippen LogP contribution is -2.48. The van der Waals surface area contributed by atoms with Crippen LogP contribution in [-0.4, -0.2) is 35.3 Å². The summed E-state index contributed by atoms with van der Waals surface area (Å²) >= 11 is 0. The van der Waals surface area contributed by atoms with E-state index in [-0.39, 0.29) is 23.3 Å². The van der Waals surface area contributed by atoms with E-state index in [1.165, 1.54) is 5.56 Å². The lowest BCUT2D eigenvalue weighted by atomic mass is 9.95. The molecule has 22 heavy (non-hydrogen) atoms. The molecule has 0 radical (unpaired) electrons. The number of carbonyl (C=O) groups is 2. The van der Waals surface area contributed by atoms with Crippen LogP contribution in [0.1, 0.15) is 38.2 Å². The second-order valence-electron chi connectivity index (χ2n) is 6.74. The standard InChI is InChI=1S/C18H24N2O2/c1-14(21)20-11-5-8-16(13-20)17(22)19-18(9-10-18)12-15-6-3-2-4-7-15/h2-4,6-7,16H,5,8-13H2,1H3,(H,19,22)/t16-/m1/s1. The molecule has 2 fully saturated rings. The number of likely N-dealkylation sites (tertiary alicyclic amines) is 1. The molecule has 1 saturated carbocycles. The number of carbonyl (C=O) groups excluding carboxylic acids is 2. The Balaban J connectivity index is 1.58. The molecular weight excluding hydrogens is 276 g/mol. The average molecular weight is 300 g/mol. The molecule has 0 spiro atoms. The van der Waals surface area contributed by atoms with Crippen LogP contribution in [0, 0.1) is 5.92 Å². The molecule has 1 aromatic carbocycles. The molecule has 3 rings (SSSR count). The first-order valence-corrected chi connectivity index (χ1v) is 8.19. The highest BCUT2D eigenvalue weighted by atomic mass is 16.2. The molecule has 4 nitrogen and oxygen atoms in total. The van der Waals surface area contributed by atoms with Crippen LogP contribution in [0.25, 0.3) is 0 Å². The molecule has 1 saturated heterocycles. The second kappa shape index (κ2) is 6.11. The van der Waals surface area contributed by atoms with Crippen LogP contribution in [0.5, 0.6) is 0 Å². The summed E-state index contributed by atoms with van der Waals surface area (Å²) in [5.41, 5.74) is 1.23. The summed E-state index contributed by atoms with van der Waals surface area (Å²) in [6, 6.07) is 10.3. The number of benzene rings is 1. The molecule has 4 heteroatoms. The molecule has 1 aromatic rings. The fourth-order valence-electron chi connectivity index (χ4n) is 3.32. The Bertz CT molecular complexity index is 551. The smallest absolute Gasteiger partial charge is 0.225 e. The Kier molecular flexibility index (Phi) is 4.19. The summed E-state index contributed by atoms with van der Waals surface area (Å²) in [4.78, 5) is 25.9. The fraction of sp³-hybridized carbons (Fsp3) is 0.556. The molecule has 1 aliphatic carbocycles. The lowest BCUT2D eigenvalue weighted by Gasteiger charge is -2.32. The average Bonchev–Trinajstić information content (AvgIpc) is 3.27. The molecule has 1 heterocycles. The van der Waals surface area contributed by atoms with E-state index in [2.05, 4.69) is 17.4 Å². The van der Waals surface area contributed by atoms with Crippen LogP contribution < -0.4 is 5.32 Å². The van der Waals surface area contributed by atoms with Gasteiger partial charge in [0.15, 0.2) is 0 Å². The third kappa shape index (κ3) is 3.49. The van der Waals surface area contributed by atoms with Crippen molar-refractivity contribution in [3.63, 3.8) is 0 Å². The third-order valence-corrected chi connectivity index (χ3v) is 4.86. The summed E-state index contributed by atoms with van der Waals surface area (Å²) in [6.07, 6.45) is 4.82. The second-order valence-corrected chi connectivity index (χ2v) is 6.74. The van der Waals surface area contributed by atoms with Gasteiger partial charge in [0.1, 0.15) is 0 Å². The van der Waals surface area contributed by atoms with Crippen LogP contribution in [0.15, 0.2) is 30.3 Å². The van der Waals surface area contributed by atoms with Crippen LogP contribution in [-0.2, 0) is 16.0 Å². The number of rotatable bonds is 4. The fourth-order valence-corrected chi connectivity index (χ4v) is 3.32. The van der Waals surface area contributed by atoms with Gasteiger partial charge in [0.05, 0.1) is 5.92 Å². The normalized spacial score (nSPS) is 23.0. The van der Waals surface area contributed by atoms with Crippen molar-refractivity contribution < 1.29 is 9.59 Å². The van der Waals surface area contributed by atoms with Crippen molar-refractivity contribution in [2.75, 3.05) is 13.1 Å². The topological polar surface area (TPSA) is 49.4 Å². The van der Waals surface area contributed by atoms with Crippen molar-refractivity contribution >= 4 is 11.8 Å². The van der Waals surface area contributed by atoms with Gasteiger partial charge in [-0.1, -0.05) is 30.3 Å². The quantitative estimate of drug-likeness (QED) is 0.926. The number of nitrogens with zero attached hydrogens (tertiary/aromatic N) is 1. The van der Waals surface area contributed by atoms with Gasteiger partial charge in [-0.25, -0.2) is 0 Å². The van der Waals surface area contributed by atoms with E-state index in [1.807, 2.05) is 18.2 Å². The zero-order valence-corrected chi connectivity index (χ0v) is 13.2. The summed E-state index contributed by atoms with van der Waals surface area (Å²) in [5, 5.41) is 3.27. The predicted octanol–water partition coefficient (Wildman–Crippen LogP) is 2.14. The van der Waals surface area contributed by atoms with E-state index in [9.17, 15) is 9.59 Å². The minimum atomic E-state index is -0.0501. The van der Waals surface area contributed by atoms with Gasteiger partial charge in [0.2, 0.25) is 11.8 Å². The molecule has 2 aliphatic rings. The zero-order chi connectivity index (χ0) is 15.6. The van der Waals surface area contributed by atoms with Gasteiger partial charge in [-0.05, 0) is 37.7 Å². The molecule has 0 aromatic heterocycles. The lowest BCUT2D eigenvalue weighted by molar-refractivity contribution is -0.134. The molecule has 0 bridgehead atoms. The summed E-state index contributed by atoms with van der Waals surface area (Å²) in [6.45, 7) is 2.94. The molecule has 118 valence electrons. The van der Waals surface area contributed by atoms with Gasteiger partial charge < -0.3 is 10.2 Å². The molecule has 1 atom stereocenters. The van der Waals surface area contributed by atoms with Gasteiger partial charge in [0, 0.05) is 25.6 Å². The number of amides is 2. The summed E-state index contributed by atoms with van der Waals surface area (Å²) in [7, 11) is 0. The van der Waals surface area contributed by atoms with Crippen molar-refractivity contribution in [2.45, 2.75) is 44.6 Å². The molecule has 1 N–H and O–H groups in total. The van der Waals surface area contributed by atoms with Crippen molar-refractivity contribution in [2.24, 2.45) is 5.92 Å². The van der Waals surface area contributed by atoms with Crippen LogP contribution >= 0.6 is 0 Å². The SMILES string of the molecule is CC(=O)N1CCC[C@@H](C(=O)NC2(Cc3ccccc3)CC2)C1. The van der Waals surface area contributed by atoms with Gasteiger partial charge in [-0.3, -0.25) is 9.59 Å². The van der Waals surface area contributed by atoms with Crippen molar-refractivity contribution in [3.05, 3.63) is 35.9 Å². The molecular formula is C18H24N2O2. The predicted molar refractivity (Wildman–Crippen MR) is 85.2 cm³/mol. The maximum Gasteiger partial charge on any atom is 0.225 e. The number of hydrogen-bond acceptors (Lipinski definition) is 2. The molecule has 1 aliphatic heterocycles. The van der Waals surface area contributed by atoms with E-state index in [0.717, 1.165) is 38.6 Å². The molecule has 2 amide bonds. The first kappa shape index (κ1) is 15.1. The monoisotopic (exact) mass is 300 g/mol. The Morgan fingerprint density at radius 2 is 2.00 bits per heavy atom. The highest BCUT2D eigenvalue weighted by Crippen LogP contribution is 2.39. The van der Waals surface area contributed by atoms with Crippen molar-refractivity contribution in [1.29, 1.82) is 0 Å². The summed E-state index contributed by atoms with van der Waals surface area (Å²) in [5.74, 6) is 0.146. The Labute approximate surface area is 131 Å². The highest BCUT2D eigenvalue weighted by Gasteiger charge is 2.45. The van der Waals surface area contributed by atoms with E-state index in [1.54, 1.807) is 11.8 Å². The number of hydrogen-bond donors (Lipinski definition) is 1. The van der Waals surface area contributed by atoms with E-state index >= 15 is 0 Å². The summed E-state index contributed by atoms with van der Waals surface area (Å²) < 4.78 is 0. The Morgan fingerprint density at radius 3 is 2.64 bits per heavy atom.